The van der Waals surface area contributed by atoms with E-state index in [0.717, 1.165) is 6.42 Å². The number of imidazole rings is 1. The van der Waals surface area contributed by atoms with Gasteiger partial charge >= 0.3 is 5.69 Å². The van der Waals surface area contributed by atoms with E-state index in [1.54, 1.807) is 30.8 Å². The van der Waals surface area contributed by atoms with Crippen molar-refractivity contribution in [1.29, 1.82) is 0 Å². The lowest BCUT2D eigenvalue weighted by atomic mass is 10.2. The van der Waals surface area contributed by atoms with Gasteiger partial charge in [-0.25, -0.2) is 9.97 Å². The van der Waals surface area contributed by atoms with Crippen LogP contribution in [0.3, 0.4) is 0 Å². The van der Waals surface area contributed by atoms with Crippen molar-refractivity contribution < 1.29 is 9.66 Å². The van der Waals surface area contributed by atoms with E-state index in [9.17, 15) is 10.1 Å². The van der Waals surface area contributed by atoms with Crippen molar-refractivity contribution in [1.82, 2.24) is 19.5 Å². The molecular formula is C14H18N6O3. The number of nitro groups is 1. The van der Waals surface area contributed by atoms with E-state index >= 15 is 0 Å². The van der Waals surface area contributed by atoms with Crippen molar-refractivity contribution in [3.63, 3.8) is 0 Å². The van der Waals surface area contributed by atoms with Crippen LogP contribution in [0, 0.1) is 24.0 Å². The maximum absolute atomic E-state index is 11.4. The van der Waals surface area contributed by atoms with Crippen molar-refractivity contribution in [3.8, 4) is 5.82 Å². The number of hydrogen-bond donors (Lipinski definition) is 1. The van der Waals surface area contributed by atoms with Crippen molar-refractivity contribution >= 4 is 11.6 Å². The first-order valence-electron chi connectivity index (χ1n) is 7.39. The van der Waals surface area contributed by atoms with Gasteiger partial charge in [-0.2, -0.15) is 4.98 Å². The first-order chi connectivity index (χ1) is 11.0. The van der Waals surface area contributed by atoms with Crippen LogP contribution in [-0.4, -0.2) is 43.2 Å². The molecule has 23 heavy (non-hydrogen) atoms. The minimum absolute atomic E-state index is 0.0486. The van der Waals surface area contributed by atoms with E-state index in [1.165, 1.54) is 0 Å². The lowest BCUT2D eigenvalue weighted by Crippen LogP contribution is -2.28. The highest BCUT2D eigenvalue weighted by molar-refractivity contribution is 5.54. The summed E-state index contributed by atoms with van der Waals surface area (Å²) in [6, 6.07) is 0.0904. The number of nitrogens with zero attached hydrogens (tertiary/aromatic N) is 5. The van der Waals surface area contributed by atoms with Gasteiger partial charge in [0, 0.05) is 19.0 Å². The topological polar surface area (TPSA) is 108 Å². The van der Waals surface area contributed by atoms with E-state index in [-0.39, 0.29) is 23.7 Å². The Labute approximate surface area is 132 Å². The van der Waals surface area contributed by atoms with Crippen LogP contribution in [-0.2, 0) is 4.74 Å². The molecule has 0 radical (unpaired) electrons. The van der Waals surface area contributed by atoms with Gasteiger partial charge in [0.05, 0.1) is 17.1 Å². The quantitative estimate of drug-likeness (QED) is 0.676. The molecular weight excluding hydrogens is 300 g/mol. The zero-order valence-electron chi connectivity index (χ0n) is 13.2. The summed E-state index contributed by atoms with van der Waals surface area (Å²) in [5.74, 6) is 1.19. The van der Waals surface area contributed by atoms with Gasteiger partial charge in [0.15, 0.2) is 0 Å². The molecule has 0 spiro atoms. The third-order valence-electron chi connectivity index (χ3n) is 3.97. The molecule has 3 rings (SSSR count). The number of hydrogen-bond acceptors (Lipinski definition) is 7. The monoisotopic (exact) mass is 318 g/mol. The third-order valence-corrected chi connectivity index (χ3v) is 3.97. The highest BCUT2D eigenvalue weighted by Crippen LogP contribution is 2.27. The summed E-state index contributed by atoms with van der Waals surface area (Å²) in [7, 11) is 0. The molecule has 2 aromatic rings. The largest absolute Gasteiger partial charge is 0.376 e. The predicted octanol–water partition coefficient (Wildman–Crippen LogP) is 1.78. The minimum atomic E-state index is -0.463. The Hall–Kier alpha value is -2.55. The molecule has 9 heteroatoms. The summed E-state index contributed by atoms with van der Waals surface area (Å²) in [5.41, 5.74) is 0.189. The summed E-state index contributed by atoms with van der Waals surface area (Å²) >= 11 is 0. The average molecular weight is 318 g/mol. The molecule has 1 fully saturated rings. The molecule has 0 amide bonds. The van der Waals surface area contributed by atoms with Crippen molar-refractivity contribution in [3.05, 3.63) is 34.0 Å². The highest BCUT2D eigenvalue weighted by atomic mass is 16.6. The number of anilines is 1. The summed E-state index contributed by atoms with van der Waals surface area (Å²) < 4.78 is 7.10. The van der Waals surface area contributed by atoms with Gasteiger partial charge < -0.3 is 10.1 Å². The molecule has 1 aliphatic rings. The van der Waals surface area contributed by atoms with Gasteiger partial charge in [-0.05, 0) is 27.2 Å². The first kappa shape index (κ1) is 15.3. The van der Waals surface area contributed by atoms with Crippen LogP contribution in [0.4, 0.5) is 11.6 Å². The molecule has 0 bridgehead atoms. The maximum Gasteiger partial charge on any atom is 0.333 e. The number of aryl methyl sites for hydroxylation is 2. The smallest absolute Gasteiger partial charge is 0.333 e. The molecule has 122 valence electrons. The van der Waals surface area contributed by atoms with Crippen LogP contribution >= 0.6 is 0 Å². The highest BCUT2D eigenvalue weighted by Gasteiger charge is 2.28. The zero-order valence-corrected chi connectivity index (χ0v) is 13.2. The Bertz CT molecular complexity index is 744. The Morgan fingerprint density at radius 3 is 2.78 bits per heavy atom. The van der Waals surface area contributed by atoms with Crippen LogP contribution in [0.5, 0.6) is 0 Å². The van der Waals surface area contributed by atoms with Crippen LogP contribution in [0.2, 0.25) is 0 Å². The lowest BCUT2D eigenvalue weighted by molar-refractivity contribution is -0.385. The maximum atomic E-state index is 11.4. The van der Waals surface area contributed by atoms with Gasteiger partial charge in [0.25, 0.3) is 0 Å². The molecule has 2 atom stereocenters. The van der Waals surface area contributed by atoms with Crippen LogP contribution in [0.25, 0.3) is 5.82 Å². The first-order valence-corrected chi connectivity index (χ1v) is 7.39. The molecule has 3 heterocycles. The number of ether oxygens (including phenoxy) is 1. The Morgan fingerprint density at radius 2 is 2.22 bits per heavy atom. The Morgan fingerprint density at radius 1 is 1.43 bits per heavy atom. The van der Waals surface area contributed by atoms with E-state index in [1.807, 2.05) is 6.92 Å². The molecule has 0 unspecified atom stereocenters. The fourth-order valence-corrected chi connectivity index (χ4v) is 2.69. The minimum Gasteiger partial charge on any atom is -0.376 e. The third kappa shape index (κ3) is 2.87. The number of nitrogens with one attached hydrogen (secondary N) is 1. The average Bonchev–Trinajstić information content (AvgIpc) is 3.07. The fraction of sp³-hybridized carbons (Fsp3) is 0.500. The molecule has 0 aliphatic carbocycles. The van der Waals surface area contributed by atoms with Gasteiger partial charge in [-0.1, -0.05) is 0 Å². The zero-order chi connectivity index (χ0) is 16.6. The summed E-state index contributed by atoms with van der Waals surface area (Å²) in [6.45, 7) is 6.03. The second-order valence-electron chi connectivity index (χ2n) is 5.52. The van der Waals surface area contributed by atoms with Gasteiger partial charge in [0.2, 0.25) is 11.8 Å². The summed E-state index contributed by atoms with van der Waals surface area (Å²) in [4.78, 5) is 23.7. The van der Waals surface area contributed by atoms with Gasteiger partial charge in [-0.15, -0.1) is 0 Å². The van der Waals surface area contributed by atoms with E-state index < -0.39 is 4.92 Å². The second kappa shape index (κ2) is 5.92. The number of aromatic nitrogens is 4. The van der Waals surface area contributed by atoms with Crippen LogP contribution < -0.4 is 5.32 Å². The van der Waals surface area contributed by atoms with E-state index in [4.69, 9.17) is 4.74 Å². The van der Waals surface area contributed by atoms with Crippen LogP contribution in [0.15, 0.2) is 12.4 Å². The lowest BCUT2D eigenvalue weighted by Gasteiger charge is -2.17. The van der Waals surface area contributed by atoms with Crippen LogP contribution in [0.1, 0.15) is 24.9 Å². The standard InChI is InChI=1S/C14H18N6O3/c1-8-12(20(21)22)13(19-6-5-15-10(19)3)18-14(16-8)17-11-4-7-23-9(11)2/h5-6,9,11H,4,7H2,1-3H3,(H,16,17,18)/t9-,11-/m1/s1. The fourth-order valence-electron chi connectivity index (χ4n) is 2.69. The Kier molecular flexibility index (Phi) is 3.95. The summed E-state index contributed by atoms with van der Waals surface area (Å²) in [5, 5.41) is 14.6. The van der Waals surface area contributed by atoms with Crippen molar-refractivity contribution in [2.75, 3.05) is 11.9 Å². The Balaban J connectivity index is 2.05. The van der Waals surface area contributed by atoms with Crippen molar-refractivity contribution in [2.45, 2.75) is 39.3 Å². The molecule has 1 aliphatic heterocycles. The van der Waals surface area contributed by atoms with E-state index in [2.05, 4.69) is 20.3 Å². The van der Waals surface area contributed by atoms with Gasteiger partial charge in [-0.3, -0.25) is 14.7 Å². The SMILES string of the molecule is Cc1nc(N[C@@H]2CCO[C@@H]2C)nc(-n2ccnc2C)c1[N+](=O)[O-]. The molecule has 9 nitrogen and oxygen atoms in total. The summed E-state index contributed by atoms with van der Waals surface area (Å²) in [6.07, 6.45) is 4.12. The van der Waals surface area contributed by atoms with Gasteiger partial charge in [0.1, 0.15) is 11.5 Å². The molecule has 0 aromatic carbocycles. The number of rotatable bonds is 4. The van der Waals surface area contributed by atoms with Crippen molar-refractivity contribution in [2.24, 2.45) is 0 Å². The molecule has 1 saturated heterocycles. The molecule has 2 aromatic heterocycles. The van der Waals surface area contributed by atoms with E-state index in [0.29, 0.717) is 24.1 Å². The molecule has 0 saturated carbocycles. The predicted molar refractivity (Wildman–Crippen MR) is 82.7 cm³/mol. The second-order valence-corrected chi connectivity index (χ2v) is 5.52. The molecule has 1 N–H and O–H groups in total. The normalized spacial score (nSPS) is 20.7.